The molecule has 2 aromatic carbocycles. The predicted molar refractivity (Wildman–Crippen MR) is 104 cm³/mol. The van der Waals surface area contributed by atoms with Gasteiger partial charge in [-0.3, -0.25) is 24.6 Å². The Labute approximate surface area is 166 Å². The van der Waals surface area contributed by atoms with Crippen LogP contribution in [0.15, 0.2) is 60.7 Å². The number of ether oxygens (including phenoxy) is 1. The highest BCUT2D eigenvalue weighted by atomic mass is 16.6. The molecular formula is C22H18N2O5. The number of hydrogen-bond acceptors (Lipinski definition) is 5. The molecule has 1 heterocycles. The molecule has 3 aliphatic rings. The van der Waals surface area contributed by atoms with E-state index in [1.54, 1.807) is 36.4 Å². The summed E-state index contributed by atoms with van der Waals surface area (Å²) in [5, 5.41) is 10.7. The van der Waals surface area contributed by atoms with Crippen molar-refractivity contribution in [3.8, 4) is 5.75 Å². The van der Waals surface area contributed by atoms with Gasteiger partial charge < -0.3 is 4.74 Å². The highest BCUT2D eigenvalue weighted by Gasteiger charge is 2.59. The third-order valence-corrected chi connectivity index (χ3v) is 6.12. The highest BCUT2D eigenvalue weighted by Crippen LogP contribution is 2.53. The highest BCUT2D eigenvalue weighted by molar-refractivity contribution is 6.22. The van der Waals surface area contributed by atoms with E-state index in [1.807, 2.05) is 0 Å². The third-order valence-electron chi connectivity index (χ3n) is 6.12. The molecule has 1 saturated heterocycles. The summed E-state index contributed by atoms with van der Waals surface area (Å²) in [6.07, 6.45) is 5.07. The molecule has 2 amide bonds. The Kier molecular flexibility index (Phi) is 3.97. The van der Waals surface area contributed by atoms with Crippen LogP contribution < -0.4 is 9.64 Å². The van der Waals surface area contributed by atoms with Gasteiger partial charge in [-0.25, -0.2) is 0 Å². The third kappa shape index (κ3) is 2.81. The van der Waals surface area contributed by atoms with Crippen LogP contribution in [0.3, 0.4) is 0 Å². The van der Waals surface area contributed by atoms with Crippen molar-refractivity contribution >= 4 is 23.2 Å². The number of non-ortho nitro benzene ring substituents is 1. The van der Waals surface area contributed by atoms with E-state index >= 15 is 0 Å². The maximum Gasteiger partial charge on any atom is 0.269 e. The molecule has 4 unspecified atom stereocenters. The van der Waals surface area contributed by atoms with Crippen LogP contribution in [0.4, 0.5) is 11.4 Å². The molecule has 2 aromatic rings. The number of allylic oxidation sites excluding steroid dienone is 2. The smallest absolute Gasteiger partial charge is 0.269 e. The number of hydrogen-bond donors (Lipinski definition) is 0. The summed E-state index contributed by atoms with van der Waals surface area (Å²) >= 11 is 0. The first kappa shape index (κ1) is 17.6. The Morgan fingerprint density at radius 1 is 0.931 bits per heavy atom. The van der Waals surface area contributed by atoms with E-state index in [-0.39, 0.29) is 47.8 Å². The molecule has 0 N–H and O–H groups in total. The SMILES string of the molecule is O=C1C2C3C=CC(C3)C2C(=O)N1c1ccc(OCc2ccc([N+](=O)[O-])cc2)cc1. The molecule has 1 aliphatic heterocycles. The number of amides is 2. The molecule has 146 valence electrons. The van der Waals surface area contributed by atoms with Crippen molar-refractivity contribution < 1.29 is 19.2 Å². The first-order chi connectivity index (χ1) is 14.0. The van der Waals surface area contributed by atoms with E-state index in [0.29, 0.717) is 11.4 Å². The molecule has 5 rings (SSSR count). The minimum Gasteiger partial charge on any atom is -0.489 e. The lowest BCUT2D eigenvalue weighted by Gasteiger charge is -2.17. The van der Waals surface area contributed by atoms with Gasteiger partial charge in [0.1, 0.15) is 12.4 Å². The lowest BCUT2D eigenvalue weighted by Crippen LogP contribution is -2.32. The standard InChI is InChI=1S/C22H18N2O5/c25-21-19-14-3-4-15(11-14)20(19)22(26)23(21)16-7-9-18(10-8-16)29-12-13-1-5-17(6-2-13)24(27)28/h1-10,14-15,19-20H,11-12H2. The second-order valence-electron chi connectivity index (χ2n) is 7.72. The number of nitro benzene ring substituents is 1. The largest absolute Gasteiger partial charge is 0.489 e. The molecule has 2 aliphatic carbocycles. The molecule has 1 saturated carbocycles. The fourth-order valence-electron chi connectivity index (χ4n) is 4.73. The van der Waals surface area contributed by atoms with Gasteiger partial charge in [-0.2, -0.15) is 0 Å². The van der Waals surface area contributed by atoms with Crippen LogP contribution in [0.5, 0.6) is 5.75 Å². The van der Waals surface area contributed by atoms with Crippen molar-refractivity contribution in [1.82, 2.24) is 0 Å². The molecule has 2 fully saturated rings. The molecule has 0 aromatic heterocycles. The van der Waals surface area contributed by atoms with Crippen LogP contribution in [0.25, 0.3) is 0 Å². The van der Waals surface area contributed by atoms with Gasteiger partial charge >= 0.3 is 0 Å². The van der Waals surface area contributed by atoms with Gasteiger partial charge in [-0.15, -0.1) is 0 Å². The normalized spacial score (nSPS) is 26.8. The zero-order valence-electron chi connectivity index (χ0n) is 15.4. The number of carbonyl (C=O) groups is 2. The average Bonchev–Trinajstić information content (AvgIpc) is 3.41. The lowest BCUT2D eigenvalue weighted by molar-refractivity contribution is -0.384. The molecule has 4 atom stereocenters. The molecule has 0 radical (unpaired) electrons. The number of nitrogens with zero attached hydrogens (tertiary/aromatic N) is 2. The Morgan fingerprint density at radius 2 is 1.52 bits per heavy atom. The first-order valence-corrected chi connectivity index (χ1v) is 9.55. The van der Waals surface area contributed by atoms with E-state index < -0.39 is 4.92 Å². The minimum absolute atomic E-state index is 0.0338. The molecular weight excluding hydrogens is 372 g/mol. The number of carbonyl (C=O) groups excluding carboxylic acids is 2. The monoisotopic (exact) mass is 390 g/mol. The zero-order chi connectivity index (χ0) is 20.1. The van der Waals surface area contributed by atoms with Crippen LogP contribution in [0.2, 0.25) is 0 Å². The number of anilines is 1. The van der Waals surface area contributed by atoms with Crippen LogP contribution in [0.1, 0.15) is 12.0 Å². The lowest BCUT2D eigenvalue weighted by atomic mass is 9.85. The summed E-state index contributed by atoms with van der Waals surface area (Å²) in [4.78, 5) is 37.3. The van der Waals surface area contributed by atoms with E-state index in [9.17, 15) is 19.7 Å². The predicted octanol–water partition coefficient (Wildman–Crippen LogP) is 3.49. The maximum absolute atomic E-state index is 12.9. The fourth-order valence-corrected chi connectivity index (χ4v) is 4.73. The second kappa shape index (κ2) is 6.55. The summed E-state index contributed by atoms with van der Waals surface area (Å²) < 4.78 is 5.71. The van der Waals surface area contributed by atoms with Crippen LogP contribution in [-0.2, 0) is 16.2 Å². The van der Waals surface area contributed by atoms with Crippen LogP contribution in [-0.4, -0.2) is 16.7 Å². The van der Waals surface area contributed by atoms with Gasteiger partial charge in [0.15, 0.2) is 0 Å². The summed E-state index contributed by atoms with van der Waals surface area (Å²) in [5.41, 5.74) is 1.41. The number of nitro groups is 1. The van der Waals surface area contributed by atoms with Gasteiger partial charge in [0.2, 0.25) is 11.8 Å². The average molecular weight is 390 g/mol. The second-order valence-corrected chi connectivity index (χ2v) is 7.72. The summed E-state index contributed by atoms with van der Waals surface area (Å²) in [6, 6.07) is 13.1. The Morgan fingerprint density at radius 3 is 2.07 bits per heavy atom. The van der Waals surface area contributed by atoms with Crippen molar-refractivity contribution in [2.24, 2.45) is 23.7 Å². The molecule has 7 nitrogen and oxygen atoms in total. The van der Waals surface area contributed by atoms with E-state index in [0.717, 1.165) is 12.0 Å². The number of rotatable bonds is 5. The number of imide groups is 1. The van der Waals surface area contributed by atoms with Crippen molar-refractivity contribution in [3.05, 3.63) is 76.4 Å². The molecule has 29 heavy (non-hydrogen) atoms. The Balaban J connectivity index is 1.27. The molecule has 7 heteroatoms. The van der Waals surface area contributed by atoms with Crippen LogP contribution >= 0.6 is 0 Å². The fraction of sp³-hybridized carbons (Fsp3) is 0.273. The topological polar surface area (TPSA) is 89.8 Å². The number of fused-ring (bicyclic) bond motifs is 5. The minimum atomic E-state index is -0.444. The van der Waals surface area contributed by atoms with Crippen molar-refractivity contribution in [2.45, 2.75) is 13.0 Å². The summed E-state index contributed by atoms with van der Waals surface area (Å²) in [6.45, 7) is 0.262. The zero-order valence-corrected chi connectivity index (χ0v) is 15.4. The van der Waals surface area contributed by atoms with E-state index in [4.69, 9.17) is 4.74 Å². The van der Waals surface area contributed by atoms with Gasteiger partial charge in [0.25, 0.3) is 5.69 Å². The summed E-state index contributed by atoms with van der Waals surface area (Å²) in [7, 11) is 0. The quantitative estimate of drug-likeness (QED) is 0.337. The molecule has 0 spiro atoms. The van der Waals surface area contributed by atoms with Gasteiger partial charge in [0.05, 0.1) is 22.4 Å². The number of benzene rings is 2. The first-order valence-electron chi connectivity index (χ1n) is 9.55. The van der Waals surface area contributed by atoms with Gasteiger partial charge in [-0.05, 0) is 60.2 Å². The van der Waals surface area contributed by atoms with E-state index in [2.05, 4.69) is 12.2 Å². The molecule has 2 bridgehead atoms. The Hall–Kier alpha value is -3.48. The van der Waals surface area contributed by atoms with Crippen molar-refractivity contribution in [1.29, 1.82) is 0 Å². The Bertz CT molecular complexity index is 998. The van der Waals surface area contributed by atoms with Gasteiger partial charge in [0, 0.05) is 12.1 Å². The van der Waals surface area contributed by atoms with Crippen molar-refractivity contribution in [2.75, 3.05) is 4.90 Å². The van der Waals surface area contributed by atoms with Crippen molar-refractivity contribution in [3.63, 3.8) is 0 Å². The van der Waals surface area contributed by atoms with Gasteiger partial charge in [-0.1, -0.05) is 12.2 Å². The van der Waals surface area contributed by atoms with Crippen LogP contribution in [0, 0.1) is 33.8 Å². The van der Waals surface area contributed by atoms with E-state index in [1.165, 1.54) is 17.0 Å². The summed E-state index contributed by atoms with van der Waals surface area (Å²) in [5.74, 6) is 0.346. The maximum atomic E-state index is 12.9.